The molecule has 0 aliphatic carbocycles. The van der Waals surface area contributed by atoms with Gasteiger partial charge in [0.15, 0.2) is 5.92 Å². The van der Waals surface area contributed by atoms with Gasteiger partial charge in [-0.1, -0.05) is 0 Å². The molecule has 0 fully saturated rings. The smallest absolute Gasteiger partial charge is 0.320 e. The highest BCUT2D eigenvalue weighted by atomic mass is 32.2. The lowest BCUT2D eigenvalue weighted by Gasteiger charge is -2.17. The highest BCUT2D eigenvalue weighted by Gasteiger charge is 2.30. The van der Waals surface area contributed by atoms with Gasteiger partial charge in [-0.15, -0.1) is 0 Å². The van der Waals surface area contributed by atoms with Gasteiger partial charge in [-0.3, -0.25) is 9.59 Å². The van der Waals surface area contributed by atoms with Crippen LogP contribution in [-0.2, 0) is 19.1 Å². The van der Waals surface area contributed by atoms with Gasteiger partial charge >= 0.3 is 11.9 Å². The topological polar surface area (TPSA) is 52.6 Å². The molecule has 0 aliphatic heterocycles. The molecule has 0 heterocycles. The average Bonchev–Trinajstić information content (AvgIpc) is 2.15. The summed E-state index contributed by atoms with van der Waals surface area (Å²) in [5.74, 6) is -1.04. The van der Waals surface area contributed by atoms with Crippen molar-refractivity contribution >= 4 is 23.7 Å². The van der Waals surface area contributed by atoms with E-state index in [4.69, 9.17) is 9.47 Å². The van der Waals surface area contributed by atoms with Crippen LogP contribution < -0.4 is 0 Å². The van der Waals surface area contributed by atoms with E-state index in [1.165, 1.54) is 0 Å². The zero-order valence-corrected chi connectivity index (χ0v) is 12.0. The summed E-state index contributed by atoms with van der Waals surface area (Å²) in [5.41, 5.74) is 0. The third kappa shape index (κ3) is 7.26. The van der Waals surface area contributed by atoms with E-state index in [0.29, 0.717) is 6.42 Å². The second-order valence-electron chi connectivity index (χ2n) is 4.31. The molecular formula is C12H22O4S. The Hall–Kier alpha value is -0.710. The molecule has 4 nitrogen and oxygen atoms in total. The van der Waals surface area contributed by atoms with Gasteiger partial charge in [-0.25, -0.2) is 0 Å². The molecule has 0 aliphatic rings. The van der Waals surface area contributed by atoms with Crippen molar-refractivity contribution in [3.05, 3.63) is 0 Å². The van der Waals surface area contributed by atoms with E-state index >= 15 is 0 Å². The zero-order chi connectivity index (χ0) is 13.4. The predicted octanol–water partition coefficient (Wildman–Crippen LogP) is 2.26. The Morgan fingerprint density at radius 1 is 1.00 bits per heavy atom. The summed E-state index contributed by atoms with van der Waals surface area (Å²) in [7, 11) is 0. The molecule has 0 saturated heterocycles. The molecule has 0 saturated carbocycles. The van der Waals surface area contributed by atoms with Gasteiger partial charge in [0.25, 0.3) is 0 Å². The van der Waals surface area contributed by atoms with Crippen LogP contribution in [0, 0.1) is 5.92 Å². The van der Waals surface area contributed by atoms with Crippen LogP contribution in [0.4, 0.5) is 0 Å². The van der Waals surface area contributed by atoms with Crippen LogP contribution in [0.25, 0.3) is 0 Å². The maximum Gasteiger partial charge on any atom is 0.320 e. The Morgan fingerprint density at radius 2 is 1.41 bits per heavy atom. The Morgan fingerprint density at radius 3 is 1.71 bits per heavy atom. The fraction of sp³-hybridized carbons (Fsp3) is 0.833. The van der Waals surface area contributed by atoms with Crippen LogP contribution in [0.2, 0.25) is 0 Å². The van der Waals surface area contributed by atoms with Gasteiger partial charge in [0.2, 0.25) is 0 Å². The van der Waals surface area contributed by atoms with Crippen LogP contribution in [0.3, 0.4) is 0 Å². The molecule has 0 spiro atoms. The number of hydrogen-bond acceptors (Lipinski definition) is 5. The highest BCUT2D eigenvalue weighted by Crippen LogP contribution is 2.14. The molecule has 0 bridgehead atoms. The number of ether oxygens (including phenoxy) is 2. The first-order valence-corrected chi connectivity index (χ1v) is 7.17. The SMILES string of the molecule is CSCCC(C(=O)OC(C)C)C(=O)OC(C)C. The summed E-state index contributed by atoms with van der Waals surface area (Å²) in [6.07, 6.45) is 1.95. The molecule has 100 valence electrons. The normalized spacial score (nSPS) is 11.1. The van der Waals surface area contributed by atoms with E-state index in [1.54, 1.807) is 39.5 Å². The number of carbonyl (C=O) groups is 2. The summed E-state index contributed by atoms with van der Waals surface area (Å²) < 4.78 is 10.1. The van der Waals surface area contributed by atoms with E-state index in [2.05, 4.69) is 0 Å². The molecule has 5 heteroatoms. The molecule has 0 unspecified atom stereocenters. The summed E-state index contributed by atoms with van der Waals surface area (Å²) in [6, 6.07) is 0. The highest BCUT2D eigenvalue weighted by molar-refractivity contribution is 7.98. The number of rotatable bonds is 7. The van der Waals surface area contributed by atoms with Crippen molar-refractivity contribution < 1.29 is 19.1 Å². The third-order valence-electron chi connectivity index (χ3n) is 1.88. The summed E-state index contributed by atoms with van der Waals surface area (Å²) in [6.45, 7) is 7.04. The summed E-state index contributed by atoms with van der Waals surface area (Å²) >= 11 is 1.59. The fourth-order valence-electron chi connectivity index (χ4n) is 1.20. The first kappa shape index (κ1) is 16.3. The Balaban J connectivity index is 4.50. The van der Waals surface area contributed by atoms with E-state index in [0.717, 1.165) is 5.75 Å². The number of hydrogen-bond donors (Lipinski definition) is 0. The standard InChI is InChI=1S/C12H22O4S/c1-8(2)15-11(13)10(6-7-17-5)12(14)16-9(3)4/h8-10H,6-7H2,1-5H3. The molecule has 0 atom stereocenters. The maximum absolute atomic E-state index is 11.8. The minimum absolute atomic E-state index is 0.217. The van der Waals surface area contributed by atoms with Gasteiger partial charge < -0.3 is 9.47 Å². The molecule has 17 heavy (non-hydrogen) atoms. The summed E-state index contributed by atoms with van der Waals surface area (Å²) in [4.78, 5) is 23.5. The molecule has 0 aromatic carbocycles. The van der Waals surface area contributed by atoms with Crippen LogP contribution in [0.15, 0.2) is 0 Å². The molecule has 0 N–H and O–H groups in total. The van der Waals surface area contributed by atoms with Crippen LogP contribution in [0.1, 0.15) is 34.1 Å². The number of carbonyl (C=O) groups excluding carboxylic acids is 2. The van der Waals surface area contributed by atoms with Crippen molar-refractivity contribution in [2.45, 2.75) is 46.3 Å². The van der Waals surface area contributed by atoms with Gasteiger partial charge in [0.1, 0.15) is 0 Å². The van der Waals surface area contributed by atoms with E-state index in [1.807, 2.05) is 6.26 Å². The van der Waals surface area contributed by atoms with E-state index in [-0.39, 0.29) is 12.2 Å². The molecule has 0 amide bonds. The van der Waals surface area contributed by atoms with E-state index < -0.39 is 17.9 Å². The fourth-order valence-corrected chi connectivity index (χ4v) is 1.67. The van der Waals surface area contributed by atoms with Gasteiger partial charge in [0.05, 0.1) is 12.2 Å². The minimum atomic E-state index is -0.799. The Kier molecular flexibility index (Phi) is 8.04. The van der Waals surface area contributed by atoms with Crippen LogP contribution in [-0.4, -0.2) is 36.2 Å². The first-order chi connectivity index (χ1) is 7.88. The monoisotopic (exact) mass is 262 g/mol. The minimum Gasteiger partial charge on any atom is -0.462 e. The maximum atomic E-state index is 11.8. The van der Waals surface area contributed by atoms with E-state index in [9.17, 15) is 9.59 Å². The van der Waals surface area contributed by atoms with Crippen molar-refractivity contribution in [3.8, 4) is 0 Å². The largest absolute Gasteiger partial charge is 0.462 e. The predicted molar refractivity (Wildman–Crippen MR) is 68.9 cm³/mol. The quantitative estimate of drug-likeness (QED) is 0.520. The number of thioether (sulfide) groups is 1. The second kappa shape index (κ2) is 8.39. The average molecular weight is 262 g/mol. The lowest BCUT2D eigenvalue weighted by atomic mass is 10.1. The van der Waals surface area contributed by atoms with Crippen molar-refractivity contribution in [1.82, 2.24) is 0 Å². The number of esters is 2. The first-order valence-electron chi connectivity index (χ1n) is 5.78. The van der Waals surface area contributed by atoms with Gasteiger partial charge in [0, 0.05) is 0 Å². The van der Waals surface area contributed by atoms with Crippen molar-refractivity contribution in [2.75, 3.05) is 12.0 Å². The van der Waals surface area contributed by atoms with Crippen molar-refractivity contribution in [2.24, 2.45) is 5.92 Å². The molecule has 0 radical (unpaired) electrons. The third-order valence-corrected chi connectivity index (χ3v) is 2.53. The molecule has 0 aromatic rings. The summed E-state index contributed by atoms with van der Waals surface area (Å²) in [5, 5.41) is 0. The lowest BCUT2D eigenvalue weighted by molar-refractivity contribution is -0.166. The van der Waals surface area contributed by atoms with Crippen molar-refractivity contribution in [1.29, 1.82) is 0 Å². The van der Waals surface area contributed by atoms with Gasteiger partial charge in [-0.2, -0.15) is 11.8 Å². The molecule has 0 rings (SSSR count). The lowest BCUT2D eigenvalue weighted by Crippen LogP contribution is -2.31. The van der Waals surface area contributed by atoms with Gasteiger partial charge in [-0.05, 0) is 46.1 Å². The second-order valence-corrected chi connectivity index (χ2v) is 5.29. The Labute approximate surface area is 107 Å². The molecule has 0 aromatic heterocycles. The van der Waals surface area contributed by atoms with Crippen LogP contribution in [0.5, 0.6) is 0 Å². The zero-order valence-electron chi connectivity index (χ0n) is 11.2. The molecular weight excluding hydrogens is 240 g/mol. The Bertz CT molecular complexity index is 229. The van der Waals surface area contributed by atoms with Crippen molar-refractivity contribution in [3.63, 3.8) is 0 Å². The van der Waals surface area contributed by atoms with Crippen LogP contribution >= 0.6 is 11.8 Å².